The van der Waals surface area contributed by atoms with Crippen molar-refractivity contribution in [3.63, 3.8) is 0 Å². The molecule has 1 unspecified atom stereocenters. The molecule has 4 heteroatoms. The van der Waals surface area contributed by atoms with Gasteiger partial charge in [-0.25, -0.2) is 9.13 Å². The first kappa shape index (κ1) is 30.6. The molecule has 0 amide bonds. The first-order chi connectivity index (χ1) is 14.8. The maximum absolute atomic E-state index is 12.1. The van der Waals surface area contributed by atoms with E-state index in [4.69, 9.17) is 0 Å². The van der Waals surface area contributed by atoms with Crippen LogP contribution in [0.5, 0.6) is 0 Å². The van der Waals surface area contributed by atoms with Crippen LogP contribution in [0.4, 0.5) is 0 Å². The monoisotopic (exact) mass is 456 g/mol. The van der Waals surface area contributed by atoms with E-state index < -0.39 is 13.0 Å². The summed E-state index contributed by atoms with van der Waals surface area (Å²) in [6.07, 6.45) is 28.3. The minimum absolute atomic E-state index is 0.524. The lowest BCUT2D eigenvalue weighted by Crippen LogP contribution is -2.53. The highest BCUT2D eigenvalue weighted by Gasteiger charge is 2.47. The summed E-state index contributed by atoms with van der Waals surface area (Å²) in [7, 11) is 3.69. The van der Waals surface area contributed by atoms with E-state index in [-0.39, 0.29) is 0 Å². The van der Waals surface area contributed by atoms with Crippen molar-refractivity contribution >= 4 is 7.68 Å². The number of quaternary nitrogens is 1. The van der Waals surface area contributed by atoms with E-state index in [0.717, 1.165) is 25.7 Å². The maximum Gasteiger partial charge on any atom is 0.378 e. The fourth-order valence-corrected chi connectivity index (χ4v) is 6.00. The zero-order valence-electron chi connectivity index (χ0n) is 21.8. The van der Waals surface area contributed by atoms with E-state index in [1.807, 2.05) is 21.1 Å². The molecular weight excluding hydrogens is 401 g/mol. The zero-order chi connectivity index (χ0) is 23.4. The Labute approximate surface area is 195 Å². The average molecular weight is 457 g/mol. The smallest absolute Gasteiger partial charge is 0.314 e. The van der Waals surface area contributed by atoms with Gasteiger partial charge in [-0.15, -0.1) is 0 Å². The Morgan fingerprint density at radius 2 is 1.03 bits per heavy atom. The van der Waals surface area contributed by atoms with Gasteiger partial charge in [-0.1, -0.05) is 103 Å². The van der Waals surface area contributed by atoms with Gasteiger partial charge in [-0.05, 0) is 32.6 Å². The number of rotatable bonds is 22. The second kappa shape index (κ2) is 19.1. The van der Waals surface area contributed by atoms with Gasteiger partial charge in [0.25, 0.3) is 0 Å². The van der Waals surface area contributed by atoms with E-state index in [9.17, 15) is 9.13 Å². The first-order valence-corrected chi connectivity index (χ1v) is 14.6. The molecule has 0 spiro atoms. The van der Waals surface area contributed by atoms with Gasteiger partial charge in [0.05, 0.1) is 21.1 Å². The van der Waals surface area contributed by atoms with E-state index in [2.05, 4.69) is 26.0 Å². The number of nitrogens with zero attached hydrogens (tertiary/aromatic N) is 1. The van der Waals surface area contributed by atoms with Crippen molar-refractivity contribution in [1.29, 1.82) is 0 Å². The predicted octanol–water partition coefficient (Wildman–Crippen LogP) is 9.57. The molecular formula is C27H55NO2P+. The van der Waals surface area contributed by atoms with Crippen LogP contribution in [0.3, 0.4) is 0 Å². The molecule has 3 nitrogen and oxygen atoms in total. The van der Waals surface area contributed by atoms with Crippen molar-refractivity contribution in [2.75, 3.05) is 21.1 Å². The van der Waals surface area contributed by atoms with Crippen LogP contribution in [0.2, 0.25) is 0 Å². The molecule has 0 aromatic rings. The van der Waals surface area contributed by atoms with E-state index >= 15 is 0 Å². The van der Waals surface area contributed by atoms with E-state index in [1.165, 1.54) is 96.3 Å². The minimum atomic E-state index is -2.42. The predicted molar refractivity (Wildman–Crippen MR) is 137 cm³/mol. The van der Waals surface area contributed by atoms with E-state index in [0.29, 0.717) is 4.48 Å². The van der Waals surface area contributed by atoms with Gasteiger partial charge in [0, 0.05) is 12.8 Å². The molecule has 1 atom stereocenters. The quantitative estimate of drug-likeness (QED) is 0.0703. The molecule has 0 heterocycles. The SMILES string of the molecule is CC=CCCCCCCCCCCCCCCCCCC(CCC)(P(=O)=O)[N+](C)(C)C. The van der Waals surface area contributed by atoms with Crippen LogP contribution < -0.4 is 0 Å². The highest BCUT2D eigenvalue weighted by molar-refractivity contribution is 7.32. The lowest BCUT2D eigenvalue weighted by molar-refractivity contribution is -0.908. The summed E-state index contributed by atoms with van der Waals surface area (Å²) < 4.78 is 24.7. The molecule has 0 saturated carbocycles. The minimum Gasteiger partial charge on any atom is -0.314 e. The second-order valence-electron chi connectivity index (χ2n) is 10.4. The van der Waals surface area contributed by atoms with Crippen molar-refractivity contribution in [3.05, 3.63) is 12.2 Å². The third-order valence-corrected chi connectivity index (χ3v) is 8.65. The molecule has 0 fully saturated rings. The third kappa shape index (κ3) is 14.4. The van der Waals surface area contributed by atoms with Crippen molar-refractivity contribution in [3.8, 4) is 0 Å². The molecule has 0 bridgehead atoms. The molecule has 0 radical (unpaired) electrons. The van der Waals surface area contributed by atoms with Crippen molar-refractivity contribution < 1.29 is 13.6 Å². The summed E-state index contributed by atoms with van der Waals surface area (Å²) in [6.45, 7) is 4.20. The van der Waals surface area contributed by atoms with Gasteiger partial charge in [-0.3, -0.25) is 0 Å². The van der Waals surface area contributed by atoms with Crippen LogP contribution >= 0.6 is 7.68 Å². The van der Waals surface area contributed by atoms with Crippen LogP contribution in [-0.2, 0) is 9.13 Å². The third-order valence-electron chi connectivity index (χ3n) is 6.92. The van der Waals surface area contributed by atoms with E-state index in [1.54, 1.807) is 0 Å². The zero-order valence-corrected chi connectivity index (χ0v) is 22.7. The molecule has 0 aliphatic rings. The Kier molecular flexibility index (Phi) is 18.9. The van der Waals surface area contributed by atoms with Crippen LogP contribution in [0, 0.1) is 0 Å². The number of hydrogen-bond acceptors (Lipinski definition) is 2. The molecule has 0 aliphatic carbocycles. The fourth-order valence-electron chi connectivity index (χ4n) is 4.76. The van der Waals surface area contributed by atoms with Gasteiger partial charge < -0.3 is 4.48 Å². The molecule has 31 heavy (non-hydrogen) atoms. The van der Waals surface area contributed by atoms with Gasteiger partial charge in [-0.2, -0.15) is 0 Å². The van der Waals surface area contributed by atoms with Gasteiger partial charge in [0.2, 0.25) is 5.28 Å². The molecule has 0 N–H and O–H groups in total. The highest BCUT2D eigenvalue weighted by atomic mass is 31.1. The largest absolute Gasteiger partial charge is 0.378 e. The normalized spacial score (nSPS) is 14.2. The Balaban J connectivity index is 3.61. The molecule has 0 rings (SSSR count). The second-order valence-corrected chi connectivity index (χ2v) is 11.8. The molecule has 0 aliphatic heterocycles. The molecule has 184 valence electrons. The average Bonchev–Trinajstić information content (AvgIpc) is 2.71. The van der Waals surface area contributed by atoms with Crippen LogP contribution in [0.1, 0.15) is 136 Å². The number of unbranched alkanes of at least 4 members (excludes halogenated alkanes) is 15. The summed E-state index contributed by atoms with van der Waals surface area (Å²) in [5.74, 6) is 0. The highest BCUT2D eigenvalue weighted by Crippen LogP contribution is 2.44. The van der Waals surface area contributed by atoms with Gasteiger partial charge in [0.15, 0.2) is 0 Å². The van der Waals surface area contributed by atoms with Gasteiger partial charge in [0.1, 0.15) is 0 Å². The first-order valence-electron chi connectivity index (χ1n) is 13.4. The lowest BCUT2D eigenvalue weighted by Gasteiger charge is -2.41. The van der Waals surface area contributed by atoms with Crippen molar-refractivity contribution in [2.45, 2.75) is 141 Å². The maximum atomic E-state index is 12.1. The Hall–Kier alpha value is -0.400. The molecule has 0 aromatic heterocycles. The van der Waals surface area contributed by atoms with Crippen LogP contribution in [-0.4, -0.2) is 30.9 Å². The van der Waals surface area contributed by atoms with Crippen LogP contribution in [0.25, 0.3) is 0 Å². The van der Waals surface area contributed by atoms with Crippen molar-refractivity contribution in [1.82, 2.24) is 0 Å². The number of allylic oxidation sites excluding steroid dienone is 2. The summed E-state index contributed by atoms with van der Waals surface area (Å²) in [6, 6.07) is 0. The standard InChI is InChI=1S/C27H55NO2P/c1-6-8-9-10-11-12-13-14-15-16-17-18-19-20-21-22-23-24-26-27(25-7-2,31(29)30)28(3,4)5/h6,8H,7,9-26H2,1-5H3/q+1. The Morgan fingerprint density at radius 1 is 0.645 bits per heavy atom. The Morgan fingerprint density at radius 3 is 1.35 bits per heavy atom. The van der Waals surface area contributed by atoms with Crippen molar-refractivity contribution in [2.24, 2.45) is 0 Å². The summed E-state index contributed by atoms with van der Waals surface area (Å²) in [4.78, 5) is 0. The van der Waals surface area contributed by atoms with Crippen LogP contribution in [0.15, 0.2) is 12.2 Å². The summed E-state index contributed by atoms with van der Waals surface area (Å²) in [5, 5.41) is -0.587. The lowest BCUT2D eigenvalue weighted by atomic mass is 9.99. The molecule has 0 saturated heterocycles. The summed E-state index contributed by atoms with van der Waals surface area (Å²) >= 11 is 0. The van der Waals surface area contributed by atoms with Gasteiger partial charge >= 0.3 is 7.68 Å². The topological polar surface area (TPSA) is 34.1 Å². The summed E-state index contributed by atoms with van der Waals surface area (Å²) in [5.41, 5.74) is 0. The molecule has 0 aromatic carbocycles. The fraction of sp³-hybridized carbons (Fsp3) is 0.926. The Bertz CT molecular complexity index is 500. The number of hydrogen-bond donors (Lipinski definition) is 0.